The molecule has 2 rings (SSSR count). The third kappa shape index (κ3) is 3.86. The van der Waals surface area contributed by atoms with Crippen LogP contribution in [0.2, 0.25) is 10.2 Å². The number of hydrogen-bond donors (Lipinski definition) is 1. The average molecular weight is 335 g/mol. The molecule has 3 nitrogen and oxygen atoms in total. The van der Waals surface area contributed by atoms with Crippen molar-refractivity contribution in [3.63, 3.8) is 0 Å². The smallest absolute Gasteiger partial charge is 0.319 e. The molecule has 0 unspecified atom stereocenters. The molecule has 0 bridgehead atoms. The van der Waals surface area contributed by atoms with E-state index in [-0.39, 0.29) is 21.4 Å². The summed E-state index contributed by atoms with van der Waals surface area (Å²) in [5, 5.41) is 2.58. The van der Waals surface area contributed by atoms with Gasteiger partial charge in [0, 0.05) is 11.8 Å². The van der Waals surface area contributed by atoms with E-state index in [9.17, 15) is 18.0 Å². The molecule has 1 aromatic carbocycles. The first-order valence-corrected chi connectivity index (χ1v) is 6.32. The first-order chi connectivity index (χ1) is 9.77. The molecule has 2 aromatic rings. The normalized spacial score (nSPS) is 11.3. The second-order valence-corrected chi connectivity index (χ2v) is 4.82. The van der Waals surface area contributed by atoms with Gasteiger partial charge < -0.3 is 5.32 Å². The highest BCUT2D eigenvalue weighted by Gasteiger charge is 2.30. The molecule has 1 heterocycles. The highest BCUT2D eigenvalue weighted by Crippen LogP contribution is 2.30. The summed E-state index contributed by atoms with van der Waals surface area (Å²) in [5.74, 6) is -0.743. The van der Waals surface area contributed by atoms with Crippen LogP contribution in [0.5, 0.6) is 0 Å². The Hall–Kier alpha value is -1.79. The van der Waals surface area contributed by atoms with Gasteiger partial charge in [0.25, 0.3) is 5.91 Å². The van der Waals surface area contributed by atoms with Gasteiger partial charge in [0.05, 0.1) is 16.3 Å². The molecule has 0 aliphatic rings. The third-order valence-electron chi connectivity index (χ3n) is 2.51. The number of anilines is 1. The molecule has 0 aliphatic carbocycles. The zero-order chi connectivity index (χ0) is 15.6. The van der Waals surface area contributed by atoms with Gasteiger partial charge in [0.1, 0.15) is 0 Å². The predicted octanol–water partition coefficient (Wildman–Crippen LogP) is 4.66. The summed E-state index contributed by atoms with van der Waals surface area (Å²) in [7, 11) is 0. The van der Waals surface area contributed by atoms with Crippen molar-refractivity contribution in [1.29, 1.82) is 0 Å². The van der Waals surface area contributed by atoms with Crippen molar-refractivity contribution in [2.45, 2.75) is 6.18 Å². The van der Waals surface area contributed by atoms with Crippen LogP contribution < -0.4 is 5.32 Å². The van der Waals surface area contributed by atoms with Gasteiger partial charge in [-0.3, -0.25) is 4.79 Å². The number of pyridine rings is 1. The molecular formula is C13H7Cl2F3N2O. The fourth-order valence-electron chi connectivity index (χ4n) is 1.54. The summed E-state index contributed by atoms with van der Waals surface area (Å²) in [5.41, 5.74) is -0.946. The number of carbonyl (C=O) groups is 1. The molecule has 110 valence electrons. The van der Waals surface area contributed by atoms with Crippen LogP contribution >= 0.6 is 23.2 Å². The Morgan fingerprint density at radius 1 is 1.19 bits per heavy atom. The maximum Gasteiger partial charge on any atom is 0.416 e. The number of alkyl halides is 3. The monoisotopic (exact) mass is 334 g/mol. The zero-order valence-electron chi connectivity index (χ0n) is 10.2. The van der Waals surface area contributed by atoms with Crippen LogP contribution in [0.3, 0.4) is 0 Å². The first kappa shape index (κ1) is 15.6. The summed E-state index contributed by atoms with van der Waals surface area (Å²) >= 11 is 11.5. The summed E-state index contributed by atoms with van der Waals surface area (Å²) in [6.45, 7) is 0. The van der Waals surface area contributed by atoms with E-state index in [1.807, 2.05) is 0 Å². The standard InChI is InChI=1S/C13H7Cl2F3N2O/c14-9-5-10(11(15)19-6-9)20-12(21)7-2-1-3-8(4-7)13(16,17)18/h1-6H,(H,20,21). The van der Waals surface area contributed by atoms with Crippen molar-refractivity contribution >= 4 is 34.8 Å². The number of benzene rings is 1. The van der Waals surface area contributed by atoms with E-state index in [2.05, 4.69) is 10.3 Å². The Morgan fingerprint density at radius 3 is 2.57 bits per heavy atom. The van der Waals surface area contributed by atoms with E-state index < -0.39 is 17.6 Å². The Bertz CT molecular complexity index is 689. The number of aromatic nitrogens is 1. The molecule has 0 radical (unpaired) electrons. The Labute approximate surface area is 127 Å². The van der Waals surface area contributed by atoms with E-state index in [1.54, 1.807) is 0 Å². The van der Waals surface area contributed by atoms with Gasteiger partial charge in [0.15, 0.2) is 5.15 Å². The summed E-state index contributed by atoms with van der Waals surface area (Å²) in [6, 6.07) is 5.39. The van der Waals surface area contributed by atoms with Crippen LogP contribution in [0.4, 0.5) is 18.9 Å². The molecule has 0 saturated carbocycles. The minimum absolute atomic E-state index is 0.0141. The number of amides is 1. The Morgan fingerprint density at radius 2 is 1.90 bits per heavy atom. The van der Waals surface area contributed by atoms with E-state index in [4.69, 9.17) is 23.2 Å². The van der Waals surface area contributed by atoms with Crippen molar-refractivity contribution < 1.29 is 18.0 Å². The molecule has 0 spiro atoms. The minimum Gasteiger partial charge on any atom is -0.319 e. The van der Waals surface area contributed by atoms with Crippen molar-refractivity contribution in [2.24, 2.45) is 0 Å². The number of carbonyl (C=O) groups excluding carboxylic acids is 1. The van der Waals surface area contributed by atoms with Gasteiger partial charge in [0.2, 0.25) is 0 Å². The highest BCUT2D eigenvalue weighted by molar-refractivity contribution is 6.34. The van der Waals surface area contributed by atoms with Gasteiger partial charge in [-0.15, -0.1) is 0 Å². The average Bonchev–Trinajstić information content (AvgIpc) is 2.42. The predicted molar refractivity (Wildman–Crippen MR) is 73.7 cm³/mol. The second kappa shape index (κ2) is 5.91. The number of rotatable bonds is 2. The number of halogens is 5. The number of hydrogen-bond acceptors (Lipinski definition) is 2. The van der Waals surface area contributed by atoms with E-state index in [0.717, 1.165) is 18.2 Å². The SMILES string of the molecule is O=C(Nc1cc(Cl)cnc1Cl)c1cccc(C(F)(F)F)c1. The summed E-state index contributed by atoms with van der Waals surface area (Å²) in [4.78, 5) is 15.7. The molecule has 0 aliphatic heterocycles. The molecule has 8 heteroatoms. The second-order valence-electron chi connectivity index (χ2n) is 4.02. The number of nitrogens with one attached hydrogen (secondary N) is 1. The minimum atomic E-state index is -4.52. The van der Waals surface area contributed by atoms with E-state index in [0.29, 0.717) is 0 Å². The fourth-order valence-corrected chi connectivity index (χ4v) is 1.85. The van der Waals surface area contributed by atoms with Gasteiger partial charge in [-0.05, 0) is 24.3 Å². The largest absolute Gasteiger partial charge is 0.416 e. The fraction of sp³-hybridized carbons (Fsp3) is 0.0769. The lowest BCUT2D eigenvalue weighted by Crippen LogP contribution is -2.14. The molecule has 0 atom stereocenters. The lowest BCUT2D eigenvalue weighted by Gasteiger charge is -2.10. The first-order valence-electron chi connectivity index (χ1n) is 5.57. The molecular weight excluding hydrogens is 328 g/mol. The molecule has 1 amide bonds. The van der Waals surface area contributed by atoms with Crippen LogP contribution in [0.25, 0.3) is 0 Å². The zero-order valence-corrected chi connectivity index (χ0v) is 11.7. The maximum absolute atomic E-state index is 12.6. The molecule has 0 saturated heterocycles. The van der Waals surface area contributed by atoms with Crippen molar-refractivity contribution in [3.8, 4) is 0 Å². The van der Waals surface area contributed by atoms with E-state index >= 15 is 0 Å². The topological polar surface area (TPSA) is 42.0 Å². The van der Waals surface area contributed by atoms with Gasteiger partial charge >= 0.3 is 6.18 Å². The van der Waals surface area contributed by atoms with E-state index in [1.165, 1.54) is 18.3 Å². The third-order valence-corrected chi connectivity index (χ3v) is 3.01. The van der Waals surface area contributed by atoms with Crippen molar-refractivity contribution in [1.82, 2.24) is 4.98 Å². The van der Waals surface area contributed by atoms with Gasteiger partial charge in [-0.25, -0.2) is 4.98 Å². The number of nitrogens with zero attached hydrogens (tertiary/aromatic N) is 1. The van der Waals surface area contributed by atoms with Crippen LogP contribution in [-0.2, 0) is 6.18 Å². The van der Waals surface area contributed by atoms with Gasteiger partial charge in [-0.1, -0.05) is 29.3 Å². The highest BCUT2D eigenvalue weighted by atomic mass is 35.5. The molecule has 1 aromatic heterocycles. The van der Waals surface area contributed by atoms with Crippen LogP contribution in [0, 0.1) is 0 Å². The molecule has 1 N–H and O–H groups in total. The van der Waals surface area contributed by atoms with Gasteiger partial charge in [-0.2, -0.15) is 13.2 Å². The maximum atomic E-state index is 12.6. The lowest BCUT2D eigenvalue weighted by molar-refractivity contribution is -0.137. The molecule has 0 fully saturated rings. The quantitative estimate of drug-likeness (QED) is 0.811. The Balaban J connectivity index is 2.27. The molecule has 21 heavy (non-hydrogen) atoms. The lowest BCUT2D eigenvalue weighted by atomic mass is 10.1. The Kier molecular flexibility index (Phi) is 4.39. The van der Waals surface area contributed by atoms with Crippen LogP contribution in [-0.4, -0.2) is 10.9 Å². The summed E-state index contributed by atoms with van der Waals surface area (Å²) < 4.78 is 37.8. The van der Waals surface area contributed by atoms with Crippen LogP contribution in [0.15, 0.2) is 36.5 Å². The van der Waals surface area contributed by atoms with Crippen molar-refractivity contribution in [2.75, 3.05) is 5.32 Å². The summed E-state index contributed by atoms with van der Waals surface area (Å²) in [6.07, 6.45) is -3.24. The van der Waals surface area contributed by atoms with Crippen molar-refractivity contribution in [3.05, 3.63) is 57.8 Å². The van der Waals surface area contributed by atoms with Crippen LogP contribution in [0.1, 0.15) is 15.9 Å².